The highest BCUT2D eigenvalue weighted by molar-refractivity contribution is 9.10. The molecule has 0 aliphatic heterocycles. The molecule has 0 spiro atoms. The molecule has 0 heterocycles. The Hall–Kier alpha value is -0.580. The third kappa shape index (κ3) is 3.71. The highest BCUT2D eigenvalue weighted by atomic mass is 79.9. The summed E-state index contributed by atoms with van der Waals surface area (Å²) >= 11 is 3.13. The van der Waals surface area contributed by atoms with E-state index in [-0.39, 0.29) is 17.3 Å². The Morgan fingerprint density at radius 3 is 2.33 bits per heavy atom. The minimum absolute atomic E-state index is 0.00866. The van der Waals surface area contributed by atoms with Gasteiger partial charge in [-0.1, -0.05) is 15.9 Å². The van der Waals surface area contributed by atoms with Gasteiger partial charge in [-0.2, -0.15) is 0 Å². The van der Waals surface area contributed by atoms with E-state index >= 15 is 0 Å². The van der Waals surface area contributed by atoms with Gasteiger partial charge in [0, 0.05) is 6.54 Å². The van der Waals surface area contributed by atoms with Crippen molar-refractivity contribution in [2.75, 3.05) is 13.1 Å². The van der Waals surface area contributed by atoms with Crippen LogP contribution >= 0.6 is 15.9 Å². The zero-order chi connectivity index (χ0) is 9.72. The third-order valence-corrected chi connectivity index (χ3v) is 1.77. The van der Waals surface area contributed by atoms with Crippen molar-refractivity contribution in [3.8, 4) is 0 Å². The van der Waals surface area contributed by atoms with Crippen LogP contribution in [0.3, 0.4) is 0 Å². The lowest BCUT2D eigenvalue weighted by molar-refractivity contribution is -0.134. The lowest BCUT2D eigenvalue weighted by atomic mass is 10.3. The average molecular weight is 237 g/mol. The van der Waals surface area contributed by atoms with E-state index in [0.29, 0.717) is 6.54 Å². The number of nitrogens with two attached hydrogens (primary N) is 1. The van der Waals surface area contributed by atoms with Crippen molar-refractivity contribution in [2.24, 2.45) is 5.73 Å². The lowest BCUT2D eigenvalue weighted by Gasteiger charge is -2.20. The number of rotatable bonds is 4. The van der Waals surface area contributed by atoms with Crippen LogP contribution in [0, 0.1) is 0 Å². The number of primary amides is 1. The number of nitrogens with zero attached hydrogens (tertiary/aromatic N) is 1. The summed E-state index contributed by atoms with van der Waals surface area (Å²) in [5.41, 5.74) is 4.96. The molecular weight excluding hydrogens is 224 g/mol. The molecule has 70 valence electrons. The summed E-state index contributed by atoms with van der Waals surface area (Å²) in [6.45, 7) is 4.01. The molecule has 2 amide bonds. The summed E-state index contributed by atoms with van der Waals surface area (Å²) in [7, 11) is 0. The van der Waals surface area contributed by atoms with E-state index in [2.05, 4.69) is 15.9 Å². The largest absolute Gasteiger partial charge is 0.368 e. The first-order chi connectivity index (χ1) is 5.49. The van der Waals surface area contributed by atoms with E-state index in [4.69, 9.17) is 5.73 Å². The van der Waals surface area contributed by atoms with Crippen molar-refractivity contribution >= 4 is 27.7 Å². The molecule has 1 unspecified atom stereocenters. The molecule has 0 aromatic rings. The molecule has 0 saturated heterocycles. The van der Waals surface area contributed by atoms with Crippen molar-refractivity contribution in [3.63, 3.8) is 0 Å². The average Bonchev–Trinajstić information content (AvgIpc) is 1.98. The monoisotopic (exact) mass is 236 g/mol. The van der Waals surface area contributed by atoms with E-state index in [9.17, 15) is 9.59 Å². The maximum atomic E-state index is 11.3. The lowest BCUT2D eigenvalue weighted by Crippen LogP contribution is -2.41. The van der Waals surface area contributed by atoms with Gasteiger partial charge < -0.3 is 10.6 Å². The van der Waals surface area contributed by atoms with Crippen LogP contribution in [0.4, 0.5) is 0 Å². The molecule has 0 aliphatic rings. The first-order valence-electron chi connectivity index (χ1n) is 3.70. The molecule has 0 aromatic heterocycles. The van der Waals surface area contributed by atoms with E-state index in [1.807, 2.05) is 0 Å². The SMILES string of the molecule is CCN(CC(N)=O)C(=O)C(C)Br. The van der Waals surface area contributed by atoms with Gasteiger partial charge in [0.05, 0.1) is 11.4 Å². The Morgan fingerprint density at radius 2 is 2.08 bits per heavy atom. The Bertz CT molecular complexity index is 182. The molecule has 1 atom stereocenters. The minimum atomic E-state index is -0.488. The van der Waals surface area contributed by atoms with Gasteiger partial charge in [-0.25, -0.2) is 0 Å². The molecule has 0 aromatic carbocycles. The Morgan fingerprint density at radius 1 is 1.58 bits per heavy atom. The molecule has 0 bridgehead atoms. The van der Waals surface area contributed by atoms with Gasteiger partial charge in [-0.3, -0.25) is 9.59 Å². The number of hydrogen-bond acceptors (Lipinski definition) is 2. The van der Waals surface area contributed by atoms with Crippen LogP contribution in [0.1, 0.15) is 13.8 Å². The van der Waals surface area contributed by atoms with E-state index in [1.54, 1.807) is 13.8 Å². The summed E-state index contributed by atoms with van der Waals surface area (Å²) < 4.78 is 0. The van der Waals surface area contributed by atoms with Gasteiger partial charge in [-0.05, 0) is 13.8 Å². The number of alkyl halides is 1. The predicted molar refractivity (Wildman–Crippen MR) is 49.8 cm³/mol. The van der Waals surface area contributed by atoms with Gasteiger partial charge in [0.15, 0.2) is 0 Å². The molecule has 2 N–H and O–H groups in total. The number of carbonyl (C=O) groups is 2. The quantitative estimate of drug-likeness (QED) is 0.705. The Balaban J connectivity index is 4.15. The van der Waals surface area contributed by atoms with Crippen molar-refractivity contribution in [1.29, 1.82) is 0 Å². The summed E-state index contributed by atoms with van der Waals surface area (Å²) in [5.74, 6) is -0.602. The first-order valence-corrected chi connectivity index (χ1v) is 4.61. The molecular formula is C7H13BrN2O2. The Labute approximate surface area is 80.2 Å². The minimum Gasteiger partial charge on any atom is -0.368 e. The maximum absolute atomic E-state index is 11.3. The molecule has 4 nitrogen and oxygen atoms in total. The fraction of sp³-hybridized carbons (Fsp3) is 0.714. The van der Waals surface area contributed by atoms with Crippen molar-refractivity contribution < 1.29 is 9.59 Å². The standard InChI is InChI=1S/C7H13BrN2O2/c1-3-10(4-6(9)11)7(12)5(2)8/h5H,3-4H2,1-2H3,(H2,9,11). The van der Waals surface area contributed by atoms with Crippen LogP contribution in [0.15, 0.2) is 0 Å². The van der Waals surface area contributed by atoms with Crippen molar-refractivity contribution in [2.45, 2.75) is 18.7 Å². The molecule has 0 radical (unpaired) electrons. The molecule has 0 saturated carbocycles. The highest BCUT2D eigenvalue weighted by Gasteiger charge is 2.17. The number of hydrogen-bond donors (Lipinski definition) is 1. The normalized spacial score (nSPS) is 12.2. The molecule has 0 fully saturated rings. The zero-order valence-electron chi connectivity index (χ0n) is 7.21. The van der Waals surface area contributed by atoms with E-state index in [1.165, 1.54) is 4.90 Å². The second-order valence-corrected chi connectivity index (χ2v) is 3.81. The van der Waals surface area contributed by atoms with Crippen LogP contribution in [0.2, 0.25) is 0 Å². The molecule has 0 aliphatic carbocycles. The third-order valence-electron chi connectivity index (χ3n) is 1.38. The van der Waals surface area contributed by atoms with Crippen LogP contribution in [0.5, 0.6) is 0 Å². The number of likely N-dealkylation sites (N-methyl/N-ethyl adjacent to an activating group) is 1. The van der Waals surface area contributed by atoms with Crippen LogP contribution in [-0.4, -0.2) is 34.6 Å². The molecule has 0 rings (SSSR count). The van der Waals surface area contributed by atoms with Crippen molar-refractivity contribution in [3.05, 3.63) is 0 Å². The zero-order valence-corrected chi connectivity index (χ0v) is 8.80. The van der Waals surface area contributed by atoms with Gasteiger partial charge in [0.25, 0.3) is 0 Å². The molecule has 12 heavy (non-hydrogen) atoms. The summed E-state index contributed by atoms with van der Waals surface area (Å²) in [4.78, 5) is 22.9. The van der Waals surface area contributed by atoms with Crippen molar-refractivity contribution in [1.82, 2.24) is 4.90 Å². The van der Waals surface area contributed by atoms with Gasteiger partial charge >= 0.3 is 0 Å². The second-order valence-electron chi connectivity index (χ2n) is 2.43. The highest BCUT2D eigenvalue weighted by Crippen LogP contribution is 2.03. The summed E-state index contributed by atoms with van der Waals surface area (Å²) in [6, 6.07) is 0. The first kappa shape index (κ1) is 11.4. The number of carbonyl (C=O) groups excluding carboxylic acids is 2. The van der Waals surface area contributed by atoms with Crippen LogP contribution < -0.4 is 5.73 Å². The fourth-order valence-corrected chi connectivity index (χ4v) is 1.07. The molecule has 5 heteroatoms. The smallest absolute Gasteiger partial charge is 0.237 e. The van der Waals surface area contributed by atoms with Crippen LogP contribution in [-0.2, 0) is 9.59 Å². The van der Waals surface area contributed by atoms with Gasteiger partial charge in [0.2, 0.25) is 11.8 Å². The number of amides is 2. The van der Waals surface area contributed by atoms with E-state index in [0.717, 1.165) is 0 Å². The summed E-state index contributed by atoms with van der Waals surface area (Å²) in [5, 5.41) is 0. The summed E-state index contributed by atoms with van der Waals surface area (Å²) in [6.07, 6.45) is 0. The number of halogens is 1. The van der Waals surface area contributed by atoms with Gasteiger partial charge in [-0.15, -0.1) is 0 Å². The van der Waals surface area contributed by atoms with E-state index < -0.39 is 5.91 Å². The second kappa shape index (κ2) is 5.13. The topological polar surface area (TPSA) is 63.4 Å². The fourth-order valence-electron chi connectivity index (χ4n) is 0.785. The van der Waals surface area contributed by atoms with Crippen LogP contribution in [0.25, 0.3) is 0 Å². The maximum Gasteiger partial charge on any atom is 0.237 e. The Kier molecular flexibility index (Phi) is 4.89. The van der Waals surface area contributed by atoms with Gasteiger partial charge in [0.1, 0.15) is 0 Å². The predicted octanol–water partition coefficient (Wildman–Crippen LogP) is 0.104.